The molecule has 0 unspecified atom stereocenters. The maximum atomic E-state index is 12.8. The second kappa shape index (κ2) is 11.0. The summed E-state index contributed by atoms with van der Waals surface area (Å²) in [7, 11) is 0. The van der Waals surface area contributed by atoms with Crippen molar-refractivity contribution in [2.75, 3.05) is 25.1 Å². The molecule has 0 saturated heterocycles. The Balaban J connectivity index is 1.64. The van der Waals surface area contributed by atoms with E-state index in [1.807, 2.05) is 38.1 Å². The molecule has 30 heavy (non-hydrogen) atoms. The summed E-state index contributed by atoms with van der Waals surface area (Å²) in [5, 5.41) is 3.84. The van der Waals surface area contributed by atoms with Crippen LogP contribution in [0.2, 0.25) is 0 Å². The van der Waals surface area contributed by atoms with Crippen molar-refractivity contribution in [3.8, 4) is 10.6 Å². The number of benzene rings is 2. The fourth-order valence-electron chi connectivity index (χ4n) is 2.99. The Morgan fingerprint density at radius 3 is 2.53 bits per heavy atom. The zero-order valence-electron chi connectivity index (χ0n) is 17.7. The molecule has 3 rings (SSSR count). The van der Waals surface area contributed by atoms with Crippen molar-refractivity contribution < 1.29 is 14.3 Å². The minimum absolute atomic E-state index is 0.143. The number of hydrogen-bond acceptors (Lipinski definition) is 5. The highest BCUT2D eigenvalue weighted by Crippen LogP contribution is 2.29. The Morgan fingerprint density at radius 1 is 1.03 bits per heavy atom. The van der Waals surface area contributed by atoms with E-state index in [2.05, 4.69) is 41.5 Å². The molecule has 1 aromatic heterocycles. The molecule has 2 aromatic carbocycles. The average molecular weight is 425 g/mol. The molecule has 0 radical (unpaired) electrons. The summed E-state index contributed by atoms with van der Waals surface area (Å²) in [6.07, 6.45) is 1.00. The SMILES string of the molecule is CCOCCOCc1cccc(NC(=O)c2sc(-c3ccc(CC)cc3)nc2C)c1. The average Bonchev–Trinajstić information content (AvgIpc) is 3.16. The first-order valence-electron chi connectivity index (χ1n) is 10.2. The van der Waals surface area contributed by atoms with Crippen LogP contribution in [0.15, 0.2) is 48.5 Å². The summed E-state index contributed by atoms with van der Waals surface area (Å²) in [5.74, 6) is -0.143. The number of carbonyl (C=O) groups is 1. The number of aromatic nitrogens is 1. The number of hydrogen-bond donors (Lipinski definition) is 1. The maximum Gasteiger partial charge on any atom is 0.267 e. The van der Waals surface area contributed by atoms with Gasteiger partial charge in [0, 0.05) is 17.9 Å². The summed E-state index contributed by atoms with van der Waals surface area (Å²) in [6, 6.07) is 16.0. The van der Waals surface area contributed by atoms with Gasteiger partial charge in [0.25, 0.3) is 5.91 Å². The van der Waals surface area contributed by atoms with E-state index >= 15 is 0 Å². The van der Waals surface area contributed by atoms with Crippen molar-refractivity contribution in [2.45, 2.75) is 33.8 Å². The van der Waals surface area contributed by atoms with E-state index < -0.39 is 0 Å². The number of carbonyl (C=O) groups excluding carboxylic acids is 1. The third kappa shape index (κ3) is 5.98. The summed E-state index contributed by atoms with van der Waals surface area (Å²) in [6.45, 7) is 8.27. The summed E-state index contributed by atoms with van der Waals surface area (Å²) < 4.78 is 10.9. The van der Waals surface area contributed by atoms with Crippen molar-refractivity contribution in [1.82, 2.24) is 4.98 Å². The number of anilines is 1. The first-order valence-corrected chi connectivity index (χ1v) is 11.0. The van der Waals surface area contributed by atoms with Gasteiger partial charge in [-0.1, -0.05) is 43.3 Å². The van der Waals surface area contributed by atoms with Crippen LogP contribution in [0, 0.1) is 6.92 Å². The van der Waals surface area contributed by atoms with Gasteiger partial charge in [-0.15, -0.1) is 11.3 Å². The lowest BCUT2D eigenvalue weighted by atomic mass is 10.1. The quantitative estimate of drug-likeness (QED) is 0.438. The van der Waals surface area contributed by atoms with Crippen molar-refractivity contribution in [3.05, 3.63) is 70.2 Å². The molecule has 0 aliphatic heterocycles. The second-order valence-electron chi connectivity index (χ2n) is 6.89. The molecule has 0 saturated carbocycles. The molecule has 0 spiro atoms. The monoisotopic (exact) mass is 424 g/mol. The van der Waals surface area contributed by atoms with Gasteiger partial charge in [-0.3, -0.25) is 4.79 Å². The summed E-state index contributed by atoms with van der Waals surface area (Å²) in [5.41, 5.74) is 4.80. The Bertz CT molecular complexity index is 967. The lowest BCUT2D eigenvalue weighted by Crippen LogP contribution is -2.11. The van der Waals surface area contributed by atoms with Crippen LogP contribution in [0.25, 0.3) is 10.6 Å². The molecule has 0 aliphatic rings. The molecule has 5 nitrogen and oxygen atoms in total. The second-order valence-corrected chi connectivity index (χ2v) is 7.89. The van der Waals surface area contributed by atoms with Crippen molar-refractivity contribution >= 4 is 22.9 Å². The van der Waals surface area contributed by atoms with Gasteiger partial charge in [-0.2, -0.15) is 0 Å². The number of ether oxygens (including phenoxy) is 2. The molecule has 0 aliphatic carbocycles. The number of nitrogens with one attached hydrogen (secondary N) is 1. The molecule has 0 bridgehead atoms. The maximum absolute atomic E-state index is 12.8. The minimum Gasteiger partial charge on any atom is -0.379 e. The molecule has 158 valence electrons. The highest BCUT2D eigenvalue weighted by molar-refractivity contribution is 7.17. The number of thiazole rings is 1. The van der Waals surface area contributed by atoms with Crippen molar-refractivity contribution in [3.63, 3.8) is 0 Å². The highest BCUT2D eigenvalue weighted by atomic mass is 32.1. The number of rotatable bonds is 10. The number of amides is 1. The van der Waals surface area contributed by atoms with Crippen molar-refractivity contribution in [1.29, 1.82) is 0 Å². The largest absolute Gasteiger partial charge is 0.379 e. The first kappa shape index (κ1) is 22.2. The molecule has 1 N–H and O–H groups in total. The van der Waals surface area contributed by atoms with Gasteiger partial charge in [-0.25, -0.2) is 4.98 Å². The van der Waals surface area contributed by atoms with E-state index in [4.69, 9.17) is 9.47 Å². The lowest BCUT2D eigenvalue weighted by Gasteiger charge is -2.08. The molecule has 0 atom stereocenters. The van der Waals surface area contributed by atoms with Crippen LogP contribution in [0.4, 0.5) is 5.69 Å². The van der Waals surface area contributed by atoms with Crippen LogP contribution in [0.5, 0.6) is 0 Å². The van der Waals surface area contributed by atoms with E-state index in [1.54, 1.807) is 0 Å². The van der Waals surface area contributed by atoms with Gasteiger partial charge in [0.05, 0.1) is 25.5 Å². The molecular weight excluding hydrogens is 396 g/mol. The summed E-state index contributed by atoms with van der Waals surface area (Å²) in [4.78, 5) is 18.1. The van der Waals surface area contributed by atoms with Gasteiger partial charge in [0.1, 0.15) is 9.88 Å². The molecule has 1 heterocycles. The van der Waals surface area contributed by atoms with Crippen LogP contribution in [0.1, 0.15) is 40.3 Å². The molecule has 1 amide bonds. The van der Waals surface area contributed by atoms with Crippen LogP contribution in [-0.2, 0) is 22.5 Å². The van der Waals surface area contributed by atoms with Gasteiger partial charge in [0.2, 0.25) is 0 Å². The Kier molecular flexibility index (Phi) is 8.13. The lowest BCUT2D eigenvalue weighted by molar-refractivity contribution is 0.0453. The van der Waals surface area contributed by atoms with E-state index in [-0.39, 0.29) is 5.91 Å². The zero-order valence-corrected chi connectivity index (χ0v) is 18.6. The third-order valence-electron chi connectivity index (χ3n) is 4.64. The predicted octanol–water partition coefficient (Wildman–Crippen LogP) is 5.49. The number of nitrogens with zero attached hydrogens (tertiary/aromatic N) is 1. The van der Waals surface area contributed by atoms with Crippen molar-refractivity contribution in [2.24, 2.45) is 0 Å². The van der Waals surface area contributed by atoms with Gasteiger partial charge in [0.15, 0.2) is 0 Å². The van der Waals surface area contributed by atoms with Crippen LogP contribution in [-0.4, -0.2) is 30.7 Å². The van der Waals surface area contributed by atoms with Crippen LogP contribution >= 0.6 is 11.3 Å². The fraction of sp³-hybridized carbons (Fsp3) is 0.333. The first-order chi connectivity index (χ1) is 14.6. The van der Waals surface area contributed by atoms with Gasteiger partial charge >= 0.3 is 0 Å². The molecule has 0 fully saturated rings. The molecule has 3 aromatic rings. The fourth-order valence-corrected chi connectivity index (χ4v) is 3.96. The van der Waals surface area contributed by atoms with E-state index in [9.17, 15) is 4.79 Å². The topological polar surface area (TPSA) is 60.5 Å². The summed E-state index contributed by atoms with van der Waals surface area (Å²) >= 11 is 1.42. The van der Waals surface area contributed by atoms with E-state index in [0.29, 0.717) is 31.3 Å². The van der Waals surface area contributed by atoms with Crippen LogP contribution in [0.3, 0.4) is 0 Å². The Morgan fingerprint density at radius 2 is 1.80 bits per heavy atom. The predicted molar refractivity (Wildman–Crippen MR) is 122 cm³/mol. The van der Waals surface area contributed by atoms with E-state index in [1.165, 1.54) is 16.9 Å². The highest BCUT2D eigenvalue weighted by Gasteiger charge is 2.16. The van der Waals surface area contributed by atoms with Gasteiger partial charge < -0.3 is 14.8 Å². The van der Waals surface area contributed by atoms with Crippen LogP contribution < -0.4 is 5.32 Å². The van der Waals surface area contributed by atoms with E-state index in [0.717, 1.165) is 33.9 Å². The molecule has 6 heteroatoms. The normalized spacial score (nSPS) is 10.9. The third-order valence-corrected chi connectivity index (χ3v) is 5.85. The Hall–Kier alpha value is -2.54. The zero-order chi connectivity index (χ0) is 21.3. The number of aryl methyl sites for hydroxylation is 2. The Labute approximate surface area is 182 Å². The smallest absolute Gasteiger partial charge is 0.267 e. The van der Waals surface area contributed by atoms with Gasteiger partial charge in [-0.05, 0) is 43.5 Å². The standard InChI is InChI=1S/C24H28N2O3S/c1-4-18-9-11-20(12-10-18)24-25-17(3)22(30-24)23(27)26-21-8-6-7-19(15-21)16-29-14-13-28-5-2/h6-12,15H,4-5,13-14,16H2,1-3H3,(H,26,27). The molecular formula is C24H28N2O3S. The minimum atomic E-state index is -0.143.